The van der Waals surface area contributed by atoms with E-state index in [2.05, 4.69) is 12.2 Å². The Bertz CT molecular complexity index is 447. The molecular weight excluding hydrogens is 231 g/mol. The second kappa shape index (κ2) is 5.38. The molecule has 98 valence electrons. The lowest BCUT2D eigenvalue weighted by Crippen LogP contribution is -2.44. The maximum absolute atomic E-state index is 13.4. The minimum Gasteiger partial charge on any atom is -0.322 e. The van der Waals surface area contributed by atoms with Crippen LogP contribution in [0.25, 0.3) is 0 Å². The predicted octanol–water partition coefficient (Wildman–Crippen LogP) is 3.54. The number of piperidine rings is 1. The Morgan fingerprint density at radius 2 is 2.22 bits per heavy atom. The van der Waals surface area contributed by atoms with Crippen LogP contribution in [0.2, 0.25) is 0 Å². The fraction of sp³-hybridized carbons (Fsp3) is 0.500. The van der Waals surface area contributed by atoms with Gasteiger partial charge in [-0.1, -0.05) is 6.07 Å². The Kier molecular flexibility index (Phi) is 3.84. The SMILES string of the molecule is Cc1ccc(NC(=O)N2CCCC[C@@H]2C)cc1F. The smallest absolute Gasteiger partial charge is 0.322 e. The summed E-state index contributed by atoms with van der Waals surface area (Å²) in [4.78, 5) is 13.9. The highest BCUT2D eigenvalue weighted by Gasteiger charge is 2.23. The molecule has 18 heavy (non-hydrogen) atoms. The lowest BCUT2D eigenvalue weighted by molar-refractivity contribution is 0.170. The normalized spacial score (nSPS) is 19.7. The number of carbonyl (C=O) groups is 1. The van der Waals surface area contributed by atoms with Gasteiger partial charge in [0.25, 0.3) is 0 Å². The molecule has 3 nitrogen and oxygen atoms in total. The number of aryl methyl sites for hydroxylation is 1. The zero-order valence-corrected chi connectivity index (χ0v) is 10.9. The van der Waals surface area contributed by atoms with Crippen molar-refractivity contribution in [3.8, 4) is 0 Å². The molecule has 1 saturated heterocycles. The van der Waals surface area contributed by atoms with Crippen molar-refractivity contribution in [3.05, 3.63) is 29.6 Å². The molecule has 0 aromatic heterocycles. The van der Waals surface area contributed by atoms with E-state index in [0.29, 0.717) is 11.3 Å². The van der Waals surface area contributed by atoms with Gasteiger partial charge in [-0.05, 0) is 50.8 Å². The number of rotatable bonds is 1. The third-order valence-corrected chi connectivity index (χ3v) is 3.49. The summed E-state index contributed by atoms with van der Waals surface area (Å²) in [6, 6.07) is 4.89. The maximum atomic E-state index is 13.4. The minimum atomic E-state index is -0.292. The van der Waals surface area contributed by atoms with Crippen molar-refractivity contribution in [1.82, 2.24) is 4.90 Å². The summed E-state index contributed by atoms with van der Waals surface area (Å²) in [6.07, 6.45) is 3.25. The molecule has 0 spiro atoms. The fourth-order valence-electron chi connectivity index (χ4n) is 2.27. The average Bonchev–Trinajstić information content (AvgIpc) is 2.34. The number of likely N-dealkylation sites (tertiary alicyclic amines) is 1. The molecule has 1 atom stereocenters. The van der Waals surface area contributed by atoms with E-state index in [1.165, 1.54) is 12.5 Å². The Balaban J connectivity index is 2.04. The summed E-state index contributed by atoms with van der Waals surface area (Å²) in [5.41, 5.74) is 1.10. The summed E-state index contributed by atoms with van der Waals surface area (Å²) in [5.74, 6) is -0.292. The minimum absolute atomic E-state index is 0.134. The van der Waals surface area contributed by atoms with E-state index in [1.807, 2.05) is 4.90 Å². The largest absolute Gasteiger partial charge is 0.322 e. The molecule has 1 N–H and O–H groups in total. The number of nitrogens with zero attached hydrogens (tertiary/aromatic N) is 1. The van der Waals surface area contributed by atoms with Crippen LogP contribution >= 0.6 is 0 Å². The summed E-state index contributed by atoms with van der Waals surface area (Å²) in [6.45, 7) is 4.53. The highest BCUT2D eigenvalue weighted by atomic mass is 19.1. The summed E-state index contributed by atoms with van der Waals surface area (Å²) < 4.78 is 13.4. The molecular formula is C14H19FN2O. The molecule has 2 rings (SSSR count). The molecule has 0 unspecified atom stereocenters. The number of hydrogen-bond acceptors (Lipinski definition) is 1. The van der Waals surface area contributed by atoms with E-state index in [-0.39, 0.29) is 17.9 Å². The van der Waals surface area contributed by atoms with Crippen LogP contribution in [0.1, 0.15) is 31.7 Å². The summed E-state index contributed by atoms with van der Waals surface area (Å²) in [7, 11) is 0. The molecule has 1 aliphatic rings. The van der Waals surface area contributed by atoms with Gasteiger partial charge in [-0.25, -0.2) is 9.18 Å². The van der Waals surface area contributed by atoms with Crippen LogP contribution in [0.3, 0.4) is 0 Å². The van der Waals surface area contributed by atoms with Crippen molar-refractivity contribution in [1.29, 1.82) is 0 Å². The highest BCUT2D eigenvalue weighted by Crippen LogP contribution is 2.19. The molecule has 0 radical (unpaired) electrons. The molecule has 0 aliphatic carbocycles. The van der Waals surface area contributed by atoms with E-state index in [1.54, 1.807) is 19.1 Å². The second-order valence-corrected chi connectivity index (χ2v) is 4.93. The van der Waals surface area contributed by atoms with Gasteiger partial charge in [0, 0.05) is 18.3 Å². The van der Waals surface area contributed by atoms with Crippen molar-refractivity contribution >= 4 is 11.7 Å². The lowest BCUT2D eigenvalue weighted by Gasteiger charge is -2.33. The van der Waals surface area contributed by atoms with Gasteiger partial charge in [0.2, 0.25) is 0 Å². The van der Waals surface area contributed by atoms with Gasteiger partial charge in [0.1, 0.15) is 5.82 Å². The van der Waals surface area contributed by atoms with Crippen molar-refractivity contribution in [2.24, 2.45) is 0 Å². The molecule has 1 heterocycles. The van der Waals surface area contributed by atoms with Crippen molar-refractivity contribution in [3.63, 3.8) is 0 Å². The topological polar surface area (TPSA) is 32.3 Å². The molecule has 0 bridgehead atoms. The molecule has 2 amide bonds. The number of anilines is 1. The van der Waals surface area contributed by atoms with Crippen LogP contribution in [0, 0.1) is 12.7 Å². The van der Waals surface area contributed by atoms with Gasteiger partial charge in [-0.3, -0.25) is 0 Å². The molecule has 0 saturated carbocycles. The van der Waals surface area contributed by atoms with E-state index in [0.717, 1.165) is 19.4 Å². The maximum Gasteiger partial charge on any atom is 0.322 e. The van der Waals surface area contributed by atoms with Gasteiger partial charge in [-0.15, -0.1) is 0 Å². The number of amides is 2. The Hall–Kier alpha value is -1.58. The zero-order valence-electron chi connectivity index (χ0n) is 10.9. The third-order valence-electron chi connectivity index (χ3n) is 3.49. The van der Waals surface area contributed by atoms with E-state index >= 15 is 0 Å². The van der Waals surface area contributed by atoms with E-state index in [4.69, 9.17) is 0 Å². The Labute approximate surface area is 107 Å². The Morgan fingerprint density at radius 1 is 1.44 bits per heavy atom. The third kappa shape index (κ3) is 2.81. The van der Waals surface area contributed by atoms with Crippen molar-refractivity contribution < 1.29 is 9.18 Å². The quantitative estimate of drug-likeness (QED) is 0.812. The standard InChI is InChI=1S/C14H19FN2O/c1-10-6-7-12(9-13(10)15)16-14(18)17-8-4-3-5-11(17)2/h6-7,9,11H,3-5,8H2,1-2H3,(H,16,18)/t11-/m0/s1. The molecule has 1 aromatic carbocycles. The summed E-state index contributed by atoms with van der Waals surface area (Å²) >= 11 is 0. The highest BCUT2D eigenvalue weighted by molar-refractivity contribution is 5.89. The van der Waals surface area contributed by atoms with Crippen molar-refractivity contribution in [2.75, 3.05) is 11.9 Å². The van der Waals surface area contributed by atoms with Gasteiger partial charge < -0.3 is 10.2 Å². The zero-order chi connectivity index (χ0) is 13.1. The van der Waals surface area contributed by atoms with E-state index < -0.39 is 0 Å². The van der Waals surface area contributed by atoms with Gasteiger partial charge in [-0.2, -0.15) is 0 Å². The fourth-order valence-corrected chi connectivity index (χ4v) is 2.27. The first kappa shape index (κ1) is 12.9. The van der Waals surface area contributed by atoms with Crippen LogP contribution in [0.15, 0.2) is 18.2 Å². The van der Waals surface area contributed by atoms with Crippen LogP contribution in [0.4, 0.5) is 14.9 Å². The number of carbonyl (C=O) groups excluding carboxylic acids is 1. The van der Waals surface area contributed by atoms with E-state index in [9.17, 15) is 9.18 Å². The van der Waals surface area contributed by atoms with Crippen LogP contribution < -0.4 is 5.32 Å². The number of urea groups is 1. The molecule has 1 fully saturated rings. The van der Waals surface area contributed by atoms with Gasteiger partial charge >= 0.3 is 6.03 Å². The summed E-state index contributed by atoms with van der Waals surface area (Å²) in [5, 5.41) is 2.76. The van der Waals surface area contributed by atoms with Crippen LogP contribution in [-0.2, 0) is 0 Å². The molecule has 1 aliphatic heterocycles. The molecule has 1 aromatic rings. The monoisotopic (exact) mass is 250 g/mol. The number of halogens is 1. The number of nitrogens with one attached hydrogen (secondary N) is 1. The van der Waals surface area contributed by atoms with Gasteiger partial charge in [0.05, 0.1) is 0 Å². The van der Waals surface area contributed by atoms with Crippen LogP contribution in [-0.4, -0.2) is 23.5 Å². The first-order valence-corrected chi connectivity index (χ1v) is 6.41. The number of hydrogen-bond donors (Lipinski definition) is 1. The lowest BCUT2D eigenvalue weighted by atomic mass is 10.0. The molecule has 4 heteroatoms. The van der Waals surface area contributed by atoms with Gasteiger partial charge in [0.15, 0.2) is 0 Å². The predicted molar refractivity (Wildman–Crippen MR) is 70.2 cm³/mol. The van der Waals surface area contributed by atoms with Crippen LogP contribution in [0.5, 0.6) is 0 Å². The second-order valence-electron chi connectivity index (χ2n) is 4.93. The average molecular weight is 250 g/mol. The first-order valence-electron chi connectivity index (χ1n) is 6.41. The van der Waals surface area contributed by atoms with Crippen molar-refractivity contribution in [2.45, 2.75) is 39.2 Å². The first-order chi connectivity index (χ1) is 8.58. The Morgan fingerprint density at radius 3 is 2.89 bits per heavy atom. The number of benzene rings is 1.